The van der Waals surface area contributed by atoms with Crippen molar-refractivity contribution in [3.05, 3.63) is 49.6 Å². The molecule has 1 N–H and O–H groups in total. The number of unbranched alkanes of at least 4 members (excludes halogenated alkanes) is 1. The molecule has 2 bridgehead atoms. The number of nitrogens with zero attached hydrogens (tertiary/aromatic N) is 5. The van der Waals surface area contributed by atoms with Crippen LogP contribution in [0.1, 0.15) is 32.6 Å². The molecule has 2 aromatic rings. The van der Waals surface area contributed by atoms with Gasteiger partial charge in [-0.2, -0.15) is 0 Å². The maximum atomic E-state index is 14.6. The first-order valence-electron chi connectivity index (χ1n) is 14.0. The Morgan fingerprint density at radius 3 is 2.83 bits per heavy atom. The van der Waals surface area contributed by atoms with Crippen molar-refractivity contribution in [2.24, 2.45) is 11.8 Å². The Bertz CT molecular complexity index is 1330. The SMILES string of the molecule is C=CCCCOC(=O)[C@H]1[C@H]2C(=O)N([C@@H](CC)CO)C(C(=O)N(CC=C)Cn3nnc4ccccc43)C23CC(Br)[C@@H]1O3. The molecule has 1 spiro atoms. The van der Waals surface area contributed by atoms with Crippen LogP contribution in [0.2, 0.25) is 0 Å². The third kappa shape index (κ3) is 4.89. The van der Waals surface area contributed by atoms with Gasteiger partial charge in [-0.3, -0.25) is 14.4 Å². The molecule has 3 aliphatic rings. The van der Waals surface area contributed by atoms with Crippen molar-refractivity contribution in [1.29, 1.82) is 0 Å². The second-order valence-electron chi connectivity index (χ2n) is 10.8. The number of para-hydroxylation sites is 1. The number of halogens is 1. The van der Waals surface area contributed by atoms with E-state index in [9.17, 15) is 19.5 Å². The Balaban J connectivity index is 1.51. The Morgan fingerprint density at radius 2 is 2.12 bits per heavy atom. The summed E-state index contributed by atoms with van der Waals surface area (Å²) in [7, 11) is 0. The number of allylic oxidation sites excluding steroid dienone is 1. The zero-order valence-electron chi connectivity index (χ0n) is 23.1. The van der Waals surface area contributed by atoms with Crippen LogP contribution in [0, 0.1) is 11.8 Å². The van der Waals surface area contributed by atoms with Gasteiger partial charge in [-0.1, -0.05) is 52.4 Å². The number of rotatable bonds is 13. The van der Waals surface area contributed by atoms with Crippen LogP contribution in [0.5, 0.6) is 0 Å². The van der Waals surface area contributed by atoms with Gasteiger partial charge in [-0.05, 0) is 37.8 Å². The highest BCUT2D eigenvalue weighted by atomic mass is 79.9. The number of aliphatic hydroxyl groups is 1. The summed E-state index contributed by atoms with van der Waals surface area (Å²) in [5, 5.41) is 18.7. The van der Waals surface area contributed by atoms with E-state index in [2.05, 4.69) is 39.4 Å². The molecule has 3 fully saturated rings. The van der Waals surface area contributed by atoms with Gasteiger partial charge in [0.2, 0.25) is 11.8 Å². The summed E-state index contributed by atoms with van der Waals surface area (Å²) in [6.45, 7) is 9.49. The summed E-state index contributed by atoms with van der Waals surface area (Å²) in [5.41, 5.74) is 0.185. The molecular formula is C29H36BrN5O6. The van der Waals surface area contributed by atoms with Crippen LogP contribution in [0.15, 0.2) is 49.6 Å². The van der Waals surface area contributed by atoms with Gasteiger partial charge in [-0.15, -0.1) is 18.3 Å². The molecule has 3 saturated heterocycles. The second kappa shape index (κ2) is 12.0. The fourth-order valence-corrected chi connectivity index (χ4v) is 7.59. The first-order valence-corrected chi connectivity index (χ1v) is 14.9. The number of likely N-dealkylation sites (tertiary alicyclic amines) is 1. The lowest BCUT2D eigenvalue weighted by atomic mass is 9.70. The summed E-state index contributed by atoms with van der Waals surface area (Å²) >= 11 is 3.67. The van der Waals surface area contributed by atoms with Gasteiger partial charge in [0.1, 0.15) is 23.8 Å². The monoisotopic (exact) mass is 629 g/mol. The zero-order valence-corrected chi connectivity index (χ0v) is 24.7. The van der Waals surface area contributed by atoms with Gasteiger partial charge in [-0.25, -0.2) is 4.68 Å². The molecular weight excluding hydrogens is 594 g/mol. The molecule has 11 nitrogen and oxygen atoms in total. The fraction of sp³-hybridized carbons (Fsp3) is 0.552. The largest absolute Gasteiger partial charge is 0.465 e. The van der Waals surface area contributed by atoms with E-state index in [0.717, 1.165) is 5.52 Å². The average Bonchev–Trinajstić information content (AvgIpc) is 3.69. The topological polar surface area (TPSA) is 127 Å². The first-order chi connectivity index (χ1) is 19.8. The minimum absolute atomic E-state index is 0.0660. The molecule has 5 rings (SSSR count). The number of carbonyl (C=O) groups excluding carboxylic acids is 3. The molecule has 3 aliphatic heterocycles. The minimum Gasteiger partial charge on any atom is -0.465 e. The van der Waals surface area contributed by atoms with E-state index >= 15 is 0 Å². The van der Waals surface area contributed by atoms with E-state index < -0.39 is 41.6 Å². The molecule has 0 aliphatic carbocycles. The summed E-state index contributed by atoms with van der Waals surface area (Å²) in [4.78, 5) is 44.9. The molecule has 7 atom stereocenters. The van der Waals surface area contributed by atoms with Crippen molar-refractivity contribution >= 4 is 44.7 Å². The number of aromatic nitrogens is 3. The Labute approximate surface area is 247 Å². The van der Waals surface area contributed by atoms with Gasteiger partial charge in [0.05, 0.1) is 42.7 Å². The van der Waals surface area contributed by atoms with E-state index in [-0.39, 0.29) is 43.1 Å². The van der Waals surface area contributed by atoms with Crippen molar-refractivity contribution < 1.29 is 29.0 Å². The number of hydrogen-bond acceptors (Lipinski definition) is 8. The van der Waals surface area contributed by atoms with Crippen LogP contribution in [0.25, 0.3) is 11.0 Å². The molecule has 0 radical (unpaired) electrons. The second-order valence-corrected chi connectivity index (χ2v) is 12.0. The molecule has 2 amide bonds. The predicted molar refractivity (Wildman–Crippen MR) is 154 cm³/mol. The van der Waals surface area contributed by atoms with E-state index in [0.29, 0.717) is 31.2 Å². The summed E-state index contributed by atoms with van der Waals surface area (Å²) < 4.78 is 13.8. The molecule has 1 aromatic heterocycles. The maximum absolute atomic E-state index is 14.6. The van der Waals surface area contributed by atoms with Crippen molar-refractivity contribution in [2.45, 2.75) is 67.9 Å². The average molecular weight is 631 g/mol. The maximum Gasteiger partial charge on any atom is 0.312 e. The normalized spacial score (nSPS) is 29.0. The molecule has 41 heavy (non-hydrogen) atoms. The number of esters is 1. The molecule has 4 heterocycles. The first kappa shape index (κ1) is 29.4. The number of amides is 2. The van der Waals surface area contributed by atoms with Crippen LogP contribution in [0.3, 0.4) is 0 Å². The third-order valence-electron chi connectivity index (χ3n) is 8.49. The smallest absolute Gasteiger partial charge is 0.312 e. The number of ether oxygens (including phenoxy) is 2. The lowest BCUT2D eigenvalue weighted by Gasteiger charge is -2.39. The summed E-state index contributed by atoms with van der Waals surface area (Å²) in [6, 6.07) is 5.75. The standard InChI is InChI=1S/C29H36BrN5O6/c1-4-7-10-14-40-28(39)22-23-26(37)35(18(6-3)16-36)25(29(23)15-19(30)24(22)41-29)27(38)33(13-5-2)17-34-21-12-9-8-11-20(21)31-32-34/h4-5,8-9,11-12,18-19,22-25,36H,1-2,6-7,10,13-17H2,3H3/t18-,19?,22-,23-,24-,25?,29?/m0/s1. The van der Waals surface area contributed by atoms with Crippen LogP contribution in [0.4, 0.5) is 0 Å². The lowest BCUT2D eigenvalue weighted by molar-refractivity contribution is -0.156. The Morgan fingerprint density at radius 1 is 1.34 bits per heavy atom. The summed E-state index contributed by atoms with van der Waals surface area (Å²) in [5.74, 6) is -3.02. The van der Waals surface area contributed by atoms with Gasteiger partial charge in [0.25, 0.3) is 0 Å². The molecule has 3 unspecified atom stereocenters. The molecule has 0 saturated carbocycles. The fourth-order valence-electron chi connectivity index (χ4n) is 6.65. The van der Waals surface area contributed by atoms with Crippen LogP contribution >= 0.6 is 15.9 Å². The van der Waals surface area contributed by atoms with E-state index in [1.54, 1.807) is 21.7 Å². The number of carbonyl (C=O) groups is 3. The molecule has 12 heteroatoms. The van der Waals surface area contributed by atoms with Crippen LogP contribution in [-0.4, -0.2) is 96.1 Å². The quantitative estimate of drug-likeness (QED) is 0.155. The zero-order chi connectivity index (χ0) is 29.3. The summed E-state index contributed by atoms with van der Waals surface area (Å²) in [6.07, 6.45) is 4.85. The van der Waals surface area contributed by atoms with Crippen LogP contribution in [-0.2, 0) is 30.5 Å². The lowest BCUT2D eigenvalue weighted by Crippen LogP contribution is -2.59. The van der Waals surface area contributed by atoms with Crippen molar-refractivity contribution in [3.8, 4) is 0 Å². The number of aliphatic hydroxyl groups excluding tert-OH is 1. The van der Waals surface area contributed by atoms with E-state index in [1.165, 1.54) is 4.90 Å². The Hall–Kier alpha value is -3.09. The Kier molecular flexibility index (Phi) is 8.62. The van der Waals surface area contributed by atoms with E-state index in [1.807, 2.05) is 31.2 Å². The third-order valence-corrected chi connectivity index (χ3v) is 9.34. The number of alkyl halides is 1. The highest BCUT2D eigenvalue weighted by Crippen LogP contribution is 2.60. The molecule has 220 valence electrons. The number of fused-ring (bicyclic) bond motifs is 2. The molecule has 1 aromatic carbocycles. The van der Waals surface area contributed by atoms with Gasteiger partial charge >= 0.3 is 5.97 Å². The van der Waals surface area contributed by atoms with E-state index in [4.69, 9.17) is 9.47 Å². The number of benzene rings is 1. The minimum atomic E-state index is -1.26. The van der Waals surface area contributed by atoms with Crippen molar-refractivity contribution in [1.82, 2.24) is 24.8 Å². The highest BCUT2D eigenvalue weighted by Gasteiger charge is 2.77. The van der Waals surface area contributed by atoms with Gasteiger partial charge in [0, 0.05) is 11.4 Å². The highest BCUT2D eigenvalue weighted by molar-refractivity contribution is 9.09. The number of hydrogen-bond donors (Lipinski definition) is 1. The van der Waals surface area contributed by atoms with Crippen molar-refractivity contribution in [2.75, 3.05) is 19.8 Å². The van der Waals surface area contributed by atoms with Gasteiger partial charge in [0.15, 0.2) is 0 Å². The van der Waals surface area contributed by atoms with Gasteiger partial charge < -0.3 is 24.4 Å². The predicted octanol–water partition coefficient (Wildman–Crippen LogP) is 2.43. The van der Waals surface area contributed by atoms with Crippen LogP contribution < -0.4 is 0 Å². The van der Waals surface area contributed by atoms with Crippen molar-refractivity contribution in [3.63, 3.8) is 0 Å².